The van der Waals surface area contributed by atoms with Crippen molar-refractivity contribution in [2.75, 3.05) is 0 Å². The Balaban J connectivity index is 2.32. The molecule has 86 valence electrons. The average Bonchev–Trinajstić information content (AvgIpc) is 2.40. The van der Waals surface area contributed by atoms with Gasteiger partial charge in [0.1, 0.15) is 5.75 Å². The van der Waals surface area contributed by atoms with Crippen LogP contribution in [0.4, 0.5) is 0 Å². The number of rotatable bonds is 2. The lowest BCUT2D eigenvalue weighted by Crippen LogP contribution is -2.24. The fourth-order valence-electron chi connectivity index (χ4n) is 2.48. The highest BCUT2D eigenvalue weighted by molar-refractivity contribution is 5.66. The standard InChI is InChI=1S/C13H16O3/c14-11-5-6-12-9(7-11)3-1-2-4-10(12)8-13(15)16/h5-7,10,14H,1-4,8H2,(H,15,16)/p-1. The number of aliphatic carboxylic acids is 1. The number of aryl methyl sites for hydroxylation is 1. The molecule has 1 aromatic carbocycles. The maximum atomic E-state index is 10.7. The minimum Gasteiger partial charge on any atom is -0.550 e. The zero-order valence-corrected chi connectivity index (χ0v) is 9.11. The number of carboxylic acid groups (broad SMARTS) is 1. The topological polar surface area (TPSA) is 60.4 Å². The van der Waals surface area contributed by atoms with Gasteiger partial charge in [0, 0.05) is 5.97 Å². The normalized spacial score (nSPS) is 19.9. The van der Waals surface area contributed by atoms with Crippen molar-refractivity contribution in [3.05, 3.63) is 29.3 Å². The van der Waals surface area contributed by atoms with E-state index < -0.39 is 5.97 Å². The van der Waals surface area contributed by atoms with Crippen LogP contribution in [-0.2, 0) is 11.2 Å². The Morgan fingerprint density at radius 2 is 2.25 bits per heavy atom. The number of carboxylic acids is 1. The molecule has 2 rings (SSSR count). The van der Waals surface area contributed by atoms with Gasteiger partial charge in [-0.1, -0.05) is 12.5 Å². The predicted molar refractivity (Wildman–Crippen MR) is 58.0 cm³/mol. The molecule has 1 aliphatic rings. The highest BCUT2D eigenvalue weighted by Gasteiger charge is 2.18. The zero-order chi connectivity index (χ0) is 11.5. The first-order valence-electron chi connectivity index (χ1n) is 5.68. The van der Waals surface area contributed by atoms with Crippen molar-refractivity contribution in [3.8, 4) is 5.75 Å². The Kier molecular flexibility index (Phi) is 3.13. The van der Waals surface area contributed by atoms with Crippen LogP contribution in [0, 0.1) is 0 Å². The van der Waals surface area contributed by atoms with E-state index in [4.69, 9.17) is 0 Å². The number of hydrogen-bond donors (Lipinski definition) is 1. The van der Waals surface area contributed by atoms with Crippen molar-refractivity contribution in [3.63, 3.8) is 0 Å². The molecule has 3 nitrogen and oxygen atoms in total. The van der Waals surface area contributed by atoms with Gasteiger partial charge in [0.25, 0.3) is 0 Å². The van der Waals surface area contributed by atoms with Crippen LogP contribution in [0.3, 0.4) is 0 Å². The van der Waals surface area contributed by atoms with Crippen molar-refractivity contribution >= 4 is 5.97 Å². The van der Waals surface area contributed by atoms with E-state index in [1.165, 1.54) is 0 Å². The molecular weight excluding hydrogens is 204 g/mol. The van der Waals surface area contributed by atoms with Gasteiger partial charge in [0.05, 0.1) is 0 Å². The van der Waals surface area contributed by atoms with E-state index in [1.807, 2.05) is 6.07 Å². The quantitative estimate of drug-likeness (QED) is 0.763. The van der Waals surface area contributed by atoms with Crippen molar-refractivity contribution < 1.29 is 15.0 Å². The average molecular weight is 219 g/mol. The first-order valence-corrected chi connectivity index (χ1v) is 5.68. The molecule has 1 aromatic rings. The Morgan fingerprint density at radius 1 is 1.44 bits per heavy atom. The summed E-state index contributed by atoms with van der Waals surface area (Å²) in [6.45, 7) is 0. The third kappa shape index (κ3) is 2.35. The molecule has 0 radical (unpaired) electrons. The number of fused-ring (bicyclic) bond motifs is 1. The van der Waals surface area contributed by atoms with Gasteiger partial charge in [-0.25, -0.2) is 0 Å². The molecule has 1 atom stereocenters. The van der Waals surface area contributed by atoms with Crippen LogP contribution in [-0.4, -0.2) is 11.1 Å². The molecule has 0 spiro atoms. The predicted octanol–water partition coefficient (Wildman–Crippen LogP) is 1.34. The third-order valence-corrected chi connectivity index (χ3v) is 3.23. The van der Waals surface area contributed by atoms with Crippen LogP contribution < -0.4 is 5.11 Å². The van der Waals surface area contributed by atoms with E-state index in [9.17, 15) is 15.0 Å². The lowest BCUT2D eigenvalue weighted by atomic mass is 9.90. The molecule has 0 fully saturated rings. The number of phenols is 1. The van der Waals surface area contributed by atoms with Gasteiger partial charge in [0.15, 0.2) is 0 Å². The summed E-state index contributed by atoms with van der Waals surface area (Å²) in [4.78, 5) is 10.7. The lowest BCUT2D eigenvalue weighted by molar-refractivity contribution is -0.306. The summed E-state index contributed by atoms with van der Waals surface area (Å²) >= 11 is 0. The van der Waals surface area contributed by atoms with Crippen LogP contribution in [0.25, 0.3) is 0 Å². The van der Waals surface area contributed by atoms with E-state index in [1.54, 1.807) is 12.1 Å². The monoisotopic (exact) mass is 219 g/mol. The number of carbonyl (C=O) groups excluding carboxylic acids is 1. The van der Waals surface area contributed by atoms with Crippen LogP contribution in [0.2, 0.25) is 0 Å². The Morgan fingerprint density at radius 3 is 3.00 bits per heavy atom. The van der Waals surface area contributed by atoms with Gasteiger partial charge < -0.3 is 15.0 Å². The maximum absolute atomic E-state index is 10.7. The molecule has 16 heavy (non-hydrogen) atoms. The second-order valence-corrected chi connectivity index (χ2v) is 4.40. The van der Waals surface area contributed by atoms with E-state index in [-0.39, 0.29) is 18.1 Å². The summed E-state index contributed by atoms with van der Waals surface area (Å²) in [6, 6.07) is 5.24. The highest BCUT2D eigenvalue weighted by Crippen LogP contribution is 2.34. The molecule has 1 unspecified atom stereocenters. The zero-order valence-electron chi connectivity index (χ0n) is 9.11. The highest BCUT2D eigenvalue weighted by atomic mass is 16.4. The number of phenolic OH excluding ortho intramolecular Hbond substituents is 1. The molecule has 0 amide bonds. The summed E-state index contributed by atoms with van der Waals surface area (Å²) in [5.41, 5.74) is 2.16. The van der Waals surface area contributed by atoms with Gasteiger partial charge in [-0.3, -0.25) is 0 Å². The van der Waals surface area contributed by atoms with Gasteiger partial charge in [-0.2, -0.15) is 0 Å². The van der Waals surface area contributed by atoms with E-state index in [0.29, 0.717) is 0 Å². The lowest BCUT2D eigenvalue weighted by Gasteiger charge is -2.18. The second kappa shape index (κ2) is 4.56. The number of carbonyl (C=O) groups is 1. The fourth-order valence-corrected chi connectivity index (χ4v) is 2.48. The van der Waals surface area contributed by atoms with Crippen molar-refractivity contribution in [1.29, 1.82) is 0 Å². The van der Waals surface area contributed by atoms with Crippen LogP contribution in [0.1, 0.15) is 42.7 Å². The Bertz CT molecular complexity index is 398. The number of aromatic hydroxyl groups is 1. The molecule has 1 aliphatic carbocycles. The first kappa shape index (κ1) is 11.0. The SMILES string of the molecule is O=C([O-])CC1CCCCc2cc(O)ccc21. The maximum Gasteiger partial charge on any atom is 0.115 e. The van der Waals surface area contributed by atoms with Crippen LogP contribution in [0.15, 0.2) is 18.2 Å². The number of hydrogen-bond acceptors (Lipinski definition) is 3. The molecule has 3 heteroatoms. The number of benzene rings is 1. The van der Waals surface area contributed by atoms with Crippen LogP contribution in [0.5, 0.6) is 5.75 Å². The molecule has 0 saturated heterocycles. The Labute approximate surface area is 94.7 Å². The third-order valence-electron chi connectivity index (χ3n) is 3.23. The molecule has 0 bridgehead atoms. The Hall–Kier alpha value is -1.51. The van der Waals surface area contributed by atoms with Crippen molar-refractivity contribution in [2.24, 2.45) is 0 Å². The molecular formula is C13H15O3-. The first-order chi connectivity index (χ1) is 7.66. The summed E-state index contributed by atoms with van der Waals surface area (Å²) in [5.74, 6) is -0.693. The summed E-state index contributed by atoms with van der Waals surface area (Å²) < 4.78 is 0. The van der Waals surface area contributed by atoms with Gasteiger partial charge in [-0.15, -0.1) is 0 Å². The van der Waals surface area contributed by atoms with Crippen molar-refractivity contribution in [1.82, 2.24) is 0 Å². The molecule has 0 aliphatic heterocycles. The van der Waals surface area contributed by atoms with Crippen molar-refractivity contribution in [2.45, 2.75) is 38.0 Å². The minimum atomic E-state index is -0.995. The van der Waals surface area contributed by atoms with Gasteiger partial charge in [0.2, 0.25) is 0 Å². The minimum absolute atomic E-state index is 0.0445. The van der Waals surface area contributed by atoms with E-state index in [2.05, 4.69) is 0 Å². The molecule has 0 heterocycles. The summed E-state index contributed by atoms with van der Waals surface area (Å²) in [5, 5.41) is 20.1. The van der Waals surface area contributed by atoms with Crippen LogP contribution >= 0.6 is 0 Å². The molecule has 0 saturated carbocycles. The summed E-state index contributed by atoms with van der Waals surface area (Å²) in [7, 11) is 0. The smallest absolute Gasteiger partial charge is 0.115 e. The van der Waals surface area contributed by atoms with E-state index in [0.717, 1.165) is 36.8 Å². The summed E-state index contributed by atoms with van der Waals surface area (Å²) in [6.07, 6.45) is 3.99. The fraction of sp³-hybridized carbons (Fsp3) is 0.462. The second-order valence-electron chi connectivity index (χ2n) is 4.40. The molecule has 1 N–H and O–H groups in total. The van der Waals surface area contributed by atoms with Gasteiger partial charge >= 0.3 is 0 Å². The van der Waals surface area contributed by atoms with Gasteiger partial charge in [-0.05, 0) is 54.9 Å². The largest absolute Gasteiger partial charge is 0.550 e. The molecule has 0 aromatic heterocycles. The van der Waals surface area contributed by atoms with E-state index >= 15 is 0 Å².